The molecule has 0 aliphatic heterocycles. The van der Waals surface area contributed by atoms with E-state index in [1.807, 2.05) is 6.92 Å². The average molecular weight is 180 g/mol. The molecular weight excluding hydrogens is 164 g/mol. The third-order valence-corrected chi connectivity index (χ3v) is 2.56. The Balaban J connectivity index is 2.71. The van der Waals surface area contributed by atoms with Gasteiger partial charge in [-0.3, -0.25) is 4.79 Å². The highest BCUT2D eigenvalue weighted by molar-refractivity contribution is 5.38. The molecule has 0 saturated heterocycles. The van der Waals surface area contributed by atoms with Crippen LogP contribution < -0.4 is 0 Å². The zero-order valence-electron chi connectivity index (χ0n) is 8.25. The summed E-state index contributed by atoms with van der Waals surface area (Å²) in [4.78, 5) is 10.3. The van der Waals surface area contributed by atoms with Crippen LogP contribution in [0.4, 0.5) is 0 Å². The number of ether oxygens (including phenoxy) is 1. The first kappa shape index (κ1) is 10.0. The maximum Gasteiger partial charge on any atom is 0.293 e. The minimum absolute atomic E-state index is 0.000000000000000222. The van der Waals surface area contributed by atoms with E-state index in [0.717, 1.165) is 18.4 Å². The van der Waals surface area contributed by atoms with Crippen molar-refractivity contribution in [1.82, 2.24) is 0 Å². The number of allylic oxidation sites excluding steroid dienone is 1. The molecule has 1 rings (SSSR count). The monoisotopic (exact) mass is 180 g/mol. The summed E-state index contributed by atoms with van der Waals surface area (Å²) in [7, 11) is 0. The molecule has 1 aliphatic rings. The van der Waals surface area contributed by atoms with Crippen LogP contribution in [0.5, 0.6) is 0 Å². The first-order valence-electron chi connectivity index (χ1n) is 4.55. The van der Waals surface area contributed by atoms with Gasteiger partial charge in [0.15, 0.2) is 0 Å². The van der Waals surface area contributed by atoms with E-state index in [0.29, 0.717) is 12.4 Å². The third kappa shape index (κ3) is 2.44. The predicted octanol–water partition coefficient (Wildman–Crippen LogP) is 2.46. The van der Waals surface area contributed by atoms with Gasteiger partial charge in [0.05, 0.1) is 0 Å². The zero-order chi connectivity index (χ0) is 9.84. The molecule has 0 fully saturated rings. The Labute approximate surface area is 79.3 Å². The smallest absolute Gasteiger partial charge is 0.293 e. The van der Waals surface area contributed by atoms with Crippen molar-refractivity contribution in [1.29, 1.82) is 0 Å². The van der Waals surface area contributed by atoms with Crippen LogP contribution in [0.15, 0.2) is 23.8 Å². The molecular formula is C11H16O2. The first-order chi connectivity index (χ1) is 6.15. The normalized spacial score (nSPS) is 27.7. The second-order valence-electron chi connectivity index (χ2n) is 3.71. The lowest BCUT2D eigenvalue weighted by molar-refractivity contribution is -0.135. The van der Waals surface area contributed by atoms with Crippen LogP contribution in [-0.4, -0.2) is 12.6 Å². The molecule has 13 heavy (non-hydrogen) atoms. The van der Waals surface area contributed by atoms with Gasteiger partial charge in [0.1, 0.15) is 6.10 Å². The highest BCUT2D eigenvalue weighted by Gasteiger charge is 2.26. The fourth-order valence-electron chi connectivity index (χ4n) is 1.76. The Morgan fingerprint density at radius 2 is 2.46 bits per heavy atom. The van der Waals surface area contributed by atoms with Gasteiger partial charge in [-0.1, -0.05) is 23.8 Å². The zero-order valence-corrected chi connectivity index (χ0v) is 8.25. The van der Waals surface area contributed by atoms with Gasteiger partial charge in [0.25, 0.3) is 6.47 Å². The Morgan fingerprint density at radius 1 is 1.77 bits per heavy atom. The van der Waals surface area contributed by atoms with Crippen molar-refractivity contribution in [2.24, 2.45) is 5.92 Å². The van der Waals surface area contributed by atoms with Gasteiger partial charge >= 0.3 is 0 Å². The molecule has 2 nitrogen and oxygen atoms in total. The van der Waals surface area contributed by atoms with E-state index in [2.05, 4.69) is 19.6 Å². The molecule has 0 saturated carbocycles. The molecule has 0 unspecified atom stereocenters. The van der Waals surface area contributed by atoms with Crippen molar-refractivity contribution in [2.75, 3.05) is 0 Å². The molecule has 0 aromatic heterocycles. The fourth-order valence-corrected chi connectivity index (χ4v) is 1.76. The largest absolute Gasteiger partial charge is 0.464 e. The van der Waals surface area contributed by atoms with Gasteiger partial charge in [-0.15, -0.1) is 0 Å². The minimum Gasteiger partial charge on any atom is -0.464 e. The molecule has 0 N–H and O–H groups in total. The maximum atomic E-state index is 10.3. The number of carbonyl (C=O) groups is 1. The van der Waals surface area contributed by atoms with E-state index >= 15 is 0 Å². The highest BCUT2D eigenvalue weighted by atomic mass is 16.5. The van der Waals surface area contributed by atoms with Crippen molar-refractivity contribution in [3.63, 3.8) is 0 Å². The van der Waals surface area contributed by atoms with Gasteiger partial charge in [0.2, 0.25) is 0 Å². The molecule has 0 aromatic rings. The van der Waals surface area contributed by atoms with Crippen molar-refractivity contribution >= 4 is 6.47 Å². The SMILES string of the molecule is C=C(C)[C@@H]1CC=C(C)C[C@@H]1OC=O. The van der Waals surface area contributed by atoms with Crippen molar-refractivity contribution in [3.8, 4) is 0 Å². The van der Waals surface area contributed by atoms with Gasteiger partial charge in [0, 0.05) is 12.3 Å². The first-order valence-corrected chi connectivity index (χ1v) is 4.55. The van der Waals surface area contributed by atoms with Crippen LogP contribution in [0.1, 0.15) is 26.7 Å². The van der Waals surface area contributed by atoms with E-state index in [1.165, 1.54) is 5.57 Å². The van der Waals surface area contributed by atoms with Crippen molar-refractivity contribution < 1.29 is 9.53 Å². The van der Waals surface area contributed by atoms with Crippen molar-refractivity contribution in [3.05, 3.63) is 23.8 Å². The molecule has 0 radical (unpaired) electrons. The molecule has 0 spiro atoms. The van der Waals surface area contributed by atoms with Crippen LogP contribution in [0, 0.1) is 5.92 Å². The fraction of sp³-hybridized carbons (Fsp3) is 0.545. The molecule has 72 valence electrons. The van der Waals surface area contributed by atoms with Gasteiger partial charge in [-0.2, -0.15) is 0 Å². The van der Waals surface area contributed by atoms with Crippen LogP contribution in [0.25, 0.3) is 0 Å². The summed E-state index contributed by atoms with van der Waals surface area (Å²) in [6.45, 7) is 8.50. The Kier molecular flexibility index (Phi) is 3.29. The van der Waals surface area contributed by atoms with Gasteiger partial charge in [-0.25, -0.2) is 0 Å². The second-order valence-corrected chi connectivity index (χ2v) is 3.71. The topological polar surface area (TPSA) is 26.3 Å². The summed E-state index contributed by atoms with van der Waals surface area (Å²) in [6, 6.07) is 0. The summed E-state index contributed by atoms with van der Waals surface area (Å²) in [5, 5.41) is 0. The standard InChI is InChI=1S/C11H16O2/c1-8(2)10-5-4-9(3)6-11(10)13-7-12/h4,7,10-11H,1,5-6H2,2-3H3/t10-,11-/m0/s1. The summed E-state index contributed by atoms with van der Waals surface area (Å²) in [5.41, 5.74) is 2.39. The van der Waals surface area contributed by atoms with E-state index in [4.69, 9.17) is 4.74 Å². The lowest BCUT2D eigenvalue weighted by Gasteiger charge is -2.29. The number of hydrogen-bond donors (Lipinski definition) is 0. The van der Waals surface area contributed by atoms with Crippen LogP contribution in [-0.2, 0) is 9.53 Å². The van der Waals surface area contributed by atoms with Crippen LogP contribution in [0.2, 0.25) is 0 Å². The highest BCUT2D eigenvalue weighted by Crippen LogP contribution is 2.30. The number of hydrogen-bond acceptors (Lipinski definition) is 2. The van der Waals surface area contributed by atoms with E-state index in [-0.39, 0.29) is 6.10 Å². The average Bonchev–Trinajstić information content (AvgIpc) is 2.04. The molecule has 0 heterocycles. The van der Waals surface area contributed by atoms with Crippen LogP contribution >= 0.6 is 0 Å². The second kappa shape index (κ2) is 4.26. The van der Waals surface area contributed by atoms with E-state index in [9.17, 15) is 4.79 Å². The quantitative estimate of drug-likeness (QED) is 0.492. The Bertz CT molecular complexity index is 240. The van der Waals surface area contributed by atoms with Crippen molar-refractivity contribution in [2.45, 2.75) is 32.8 Å². The molecule has 0 amide bonds. The molecule has 1 aliphatic carbocycles. The van der Waals surface area contributed by atoms with Gasteiger partial charge < -0.3 is 4.74 Å². The Morgan fingerprint density at radius 3 is 3.00 bits per heavy atom. The lowest BCUT2D eigenvalue weighted by Crippen LogP contribution is -2.27. The Hall–Kier alpha value is -1.05. The summed E-state index contributed by atoms with van der Waals surface area (Å²) >= 11 is 0. The molecule has 0 aromatic carbocycles. The number of carbonyl (C=O) groups excluding carboxylic acids is 1. The maximum absolute atomic E-state index is 10.3. The molecule has 2 heteroatoms. The molecule has 0 bridgehead atoms. The minimum atomic E-state index is -0.000000000000000222. The van der Waals surface area contributed by atoms with Gasteiger partial charge in [-0.05, 0) is 20.3 Å². The number of rotatable bonds is 3. The molecule has 2 atom stereocenters. The summed E-state index contributed by atoms with van der Waals surface area (Å²) in [6.07, 6.45) is 3.99. The summed E-state index contributed by atoms with van der Waals surface area (Å²) in [5.74, 6) is 0.300. The predicted molar refractivity (Wildman–Crippen MR) is 52.2 cm³/mol. The van der Waals surface area contributed by atoms with E-state index in [1.54, 1.807) is 0 Å². The van der Waals surface area contributed by atoms with E-state index < -0.39 is 0 Å². The third-order valence-electron chi connectivity index (χ3n) is 2.56. The van der Waals surface area contributed by atoms with Crippen LogP contribution in [0.3, 0.4) is 0 Å². The lowest BCUT2D eigenvalue weighted by atomic mass is 9.83. The summed E-state index contributed by atoms with van der Waals surface area (Å²) < 4.78 is 5.04.